The number of allylic oxidation sites excluding steroid dienone is 1. The number of rotatable bonds is 0. The Morgan fingerprint density at radius 1 is 1.38 bits per heavy atom. The molecule has 0 bridgehead atoms. The van der Waals surface area contributed by atoms with E-state index in [-0.39, 0.29) is 5.91 Å². The molecule has 1 amide bonds. The van der Waals surface area contributed by atoms with Crippen molar-refractivity contribution in [2.75, 3.05) is 7.11 Å². The van der Waals surface area contributed by atoms with Crippen LogP contribution >= 0.6 is 0 Å². The third-order valence-corrected chi connectivity index (χ3v) is 1.90. The number of carbonyl (C=O) groups excluding carboxylic acids is 1. The van der Waals surface area contributed by atoms with Gasteiger partial charge in [-0.15, -0.1) is 0 Å². The van der Waals surface area contributed by atoms with Gasteiger partial charge in [0.15, 0.2) is 0 Å². The van der Waals surface area contributed by atoms with Crippen molar-refractivity contribution in [3.05, 3.63) is 11.1 Å². The van der Waals surface area contributed by atoms with E-state index in [1.54, 1.807) is 0 Å². The molecule has 0 N–H and O–H groups in total. The first kappa shape index (κ1) is 10.2. The number of methoxy groups -OCH3 is 1. The SMILES string of the molecule is COC1=NC([Se])=NC(=O)C1=C(C)C. The van der Waals surface area contributed by atoms with Crippen LogP contribution in [0.3, 0.4) is 0 Å². The van der Waals surface area contributed by atoms with Gasteiger partial charge in [-0.1, -0.05) is 0 Å². The molecule has 0 aliphatic carbocycles. The van der Waals surface area contributed by atoms with Crippen molar-refractivity contribution in [1.29, 1.82) is 0 Å². The summed E-state index contributed by atoms with van der Waals surface area (Å²) < 4.78 is 5.29. The van der Waals surface area contributed by atoms with Crippen LogP contribution in [0.5, 0.6) is 0 Å². The molecule has 0 aromatic rings. The summed E-state index contributed by atoms with van der Waals surface area (Å²) in [6, 6.07) is 0. The Morgan fingerprint density at radius 2 is 2.00 bits per heavy atom. The number of ether oxygens (including phenoxy) is 1. The summed E-state index contributed by atoms with van der Waals surface area (Å²) in [5.74, 6) is 0.0225. The monoisotopic (exact) mass is 245 g/mol. The van der Waals surface area contributed by atoms with Gasteiger partial charge in [0.2, 0.25) is 0 Å². The third-order valence-electron chi connectivity index (χ3n) is 1.52. The number of aliphatic imine (C=N–C) groups is 2. The summed E-state index contributed by atoms with van der Waals surface area (Å²) in [5.41, 5.74) is 1.29. The van der Waals surface area contributed by atoms with E-state index >= 15 is 0 Å². The maximum absolute atomic E-state index is 11.4. The molecule has 13 heavy (non-hydrogen) atoms. The molecule has 1 aliphatic rings. The van der Waals surface area contributed by atoms with E-state index in [0.29, 0.717) is 16.2 Å². The number of amides is 1. The number of amidine groups is 1. The first-order chi connectivity index (χ1) is 6.06. The van der Waals surface area contributed by atoms with E-state index in [9.17, 15) is 4.79 Å². The molecule has 1 heterocycles. The van der Waals surface area contributed by atoms with Crippen molar-refractivity contribution < 1.29 is 9.53 Å². The topological polar surface area (TPSA) is 51.0 Å². The van der Waals surface area contributed by atoms with Gasteiger partial charge >= 0.3 is 84.2 Å². The molecule has 1 radical (unpaired) electrons. The summed E-state index contributed by atoms with van der Waals surface area (Å²) in [4.78, 5) is 19.0. The molecule has 0 saturated carbocycles. The average molecular weight is 244 g/mol. The van der Waals surface area contributed by atoms with Crippen LogP contribution in [0, 0.1) is 0 Å². The Hall–Kier alpha value is -0.931. The predicted molar refractivity (Wildman–Crippen MR) is 51.0 cm³/mol. The molecule has 0 aromatic carbocycles. The maximum atomic E-state index is 11.4. The van der Waals surface area contributed by atoms with Crippen LogP contribution in [-0.4, -0.2) is 39.7 Å². The Labute approximate surface area is 84.6 Å². The molecule has 0 fully saturated rings. The van der Waals surface area contributed by atoms with Crippen molar-refractivity contribution >= 4 is 32.6 Å². The molecule has 1 rings (SSSR count). The van der Waals surface area contributed by atoms with Gasteiger partial charge in [-0.25, -0.2) is 0 Å². The van der Waals surface area contributed by atoms with Crippen LogP contribution in [0.1, 0.15) is 13.8 Å². The molecule has 0 spiro atoms. The summed E-state index contributed by atoms with van der Waals surface area (Å²) >= 11 is 2.57. The summed E-state index contributed by atoms with van der Waals surface area (Å²) in [6.07, 6.45) is 0. The van der Waals surface area contributed by atoms with E-state index in [1.165, 1.54) is 7.11 Å². The number of hydrogen-bond donors (Lipinski definition) is 0. The van der Waals surface area contributed by atoms with E-state index in [2.05, 4.69) is 26.0 Å². The van der Waals surface area contributed by atoms with Crippen LogP contribution in [0.15, 0.2) is 21.1 Å². The molecule has 5 heteroatoms. The minimum atomic E-state index is -0.305. The number of hydrogen-bond acceptors (Lipinski definition) is 3. The summed E-state index contributed by atoms with van der Waals surface area (Å²) in [6.45, 7) is 3.64. The molecule has 0 aromatic heterocycles. The number of carbonyl (C=O) groups is 1. The van der Waals surface area contributed by atoms with Crippen LogP contribution in [0.25, 0.3) is 0 Å². The van der Waals surface area contributed by atoms with Crippen molar-refractivity contribution in [2.24, 2.45) is 9.98 Å². The summed E-state index contributed by atoms with van der Waals surface area (Å²) in [7, 11) is 1.48. The normalized spacial score (nSPS) is 16.5. The first-order valence-electron chi connectivity index (χ1n) is 3.67. The quantitative estimate of drug-likeness (QED) is 0.458. The fourth-order valence-electron chi connectivity index (χ4n) is 0.977. The zero-order chi connectivity index (χ0) is 10.0. The van der Waals surface area contributed by atoms with Crippen molar-refractivity contribution in [1.82, 2.24) is 0 Å². The zero-order valence-corrected chi connectivity index (χ0v) is 9.33. The average Bonchev–Trinajstić information content (AvgIpc) is 2.01. The van der Waals surface area contributed by atoms with E-state index < -0.39 is 0 Å². The Kier molecular flexibility index (Phi) is 3.01. The fourth-order valence-corrected chi connectivity index (χ4v) is 1.33. The Morgan fingerprint density at radius 3 is 2.46 bits per heavy atom. The van der Waals surface area contributed by atoms with Gasteiger partial charge < -0.3 is 0 Å². The van der Waals surface area contributed by atoms with E-state index in [4.69, 9.17) is 4.74 Å². The molecule has 69 valence electrons. The van der Waals surface area contributed by atoms with Crippen molar-refractivity contribution in [3.63, 3.8) is 0 Å². The molecule has 1 aliphatic heterocycles. The second kappa shape index (κ2) is 3.85. The minimum absolute atomic E-state index is 0.305. The van der Waals surface area contributed by atoms with Crippen LogP contribution in [-0.2, 0) is 9.53 Å². The molecule has 0 unspecified atom stereocenters. The van der Waals surface area contributed by atoms with Crippen LogP contribution in [0.2, 0.25) is 0 Å². The Balaban J connectivity index is 3.22. The van der Waals surface area contributed by atoms with Gasteiger partial charge in [-0.05, 0) is 0 Å². The van der Waals surface area contributed by atoms with Crippen LogP contribution < -0.4 is 0 Å². The zero-order valence-electron chi connectivity index (χ0n) is 7.62. The molecular formula is C8H9N2O2Se. The third kappa shape index (κ3) is 2.05. The van der Waals surface area contributed by atoms with Gasteiger partial charge in [-0.3, -0.25) is 0 Å². The Bertz CT molecular complexity index is 338. The number of nitrogens with zero attached hydrogens (tertiary/aromatic N) is 2. The van der Waals surface area contributed by atoms with E-state index in [0.717, 1.165) is 5.57 Å². The predicted octanol–water partition coefficient (Wildman–Crippen LogP) is 0.432. The molecule has 0 atom stereocenters. The van der Waals surface area contributed by atoms with Crippen LogP contribution in [0.4, 0.5) is 0 Å². The first-order valence-corrected chi connectivity index (χ1v) is 4.52. The summed E-state index contributed by atoms with van der Waals surface area (Å²) in [5, 5.41) is 0. The standard InChI is InChI=1S/C8H9N2O2Se/c1-4(2)5-6(11)9-8(13)10-7(5)12-3/h1-3H3. The second-order valence-electron chi connectivity index (χ2n) is 2.70. The van der Waals surface area contributed by atoms with Gasteiger partial charge in [0, 0.05) is 0 Å². The van der Waals surface area contributed by atoms with Crippen molar-refractivity contribution in [2.45, 2.75) is 13.8 Å². The van der Waals surface area contributed by atoms with Gasteiger partial charge in [0.1, 0.15) is 0 Å². The van der Waals surface area contributed by atoms with Crippen molar-refractivity contribution in [3.8, 4) is 0 Å². The fraction of sp³-hybridized carbons (Fsp3) is 0.375. The van der Waals surface area contributed by atoms with Gasteiger partial charge in [-0.2, -0.15) is 0 Å². The van der Waals surface area contributed by atoms with Gasteiger partial charge in [0.25, 0.3) is 0 Å². The molecule has 4 nitrogen and oxygen atoms in total. The molecular weight excluding hydrogens is 235 g/mol. The van der Waals surface area contributed by atoms with E-state index in [1.807, 2.05) is 13.8 Å². The second-order valence-corrected chi connectivity index (χ2v) is 3.46. The van der Waals surface area contributed by atoms with Gasteiger partial charge in [0.05, 0.1) is 0 Å². The molecule has 0 saturated heterocycles.